The Hall–Kier alpha value is -2.50. The Kier molecular flexibility index (Phi) is 4.82. The summed E-state index contributed by atoms with van der Waals surface area (Å²) in [6.45, 7) is 1.85. The molecule has 134 valence electrons. The molecule has 0 saturated carbocycles. The number of hydrogen-bond donors (Lipinski definition) is 2. The van der Waals surface area contributed by atoms with Crippen LogP contribution in [0.2, 0.25) is 0 Å². The van der Waals surface area contributed by atoms with Crippen LogP contribution in [0.25, 0.3) is 22.4 Å². The van der Waals surface area contributed by atoms with Crippen LogP contribution in [0.3, 0.4) is 0 Å². The van der Waals surface area contributed by atoms with Crippen molar-refractivity contribution in [3.05, 3.63) is 66.4 Å². The Morgan fingerprint density at radius 2 is 1.88 bits per heavy atom. The lowest BCUT2D eigenvalue weighted by Gasteiger charge is -2.22. The largest absolute Gasteiger partial charge is 0.395 e. The Morgan fingerprint density at radius 1 is 1.12 bits per heavy atom. The van der Waals surface area contributed by atoms with E-state index < -0.39 is 0 Å². The van der Waals surface area contributed by atoms with Gasteiger partial charge in [-0.05, 0) is 73.0 Å². The summed E-state index contributed by atoms with van der Waals surface area (Å²) < 4.78 is 13.4. The maximum Gasteiger partial charge on any atom is 0.123 e. The predicted molar refractivity (Wildman–Crippen MR) is 100 cm³/mol. The van der Waals surface area contributed by atoms with Crippen molar-refractivity contribution >= 4 is 0 Å². The number of nitrogens with zero attached hydrogens (tertiary/aromatic N) is 2. The maximum absolute atomic E-state index is 13.4. The van der Waals surface area contributed by atoms with Gasteiger partial charge in [0.25, 0.3) is 0 Å². The first-order valence-electron chi connectivity index (χ1n) is 9.00. The summed E-state index contributed by atoms with van der Waals surface area (Å²) in [5, 5.41) is 9.34. The van der Waals surface area contributed by atoms with E-state index in [0.717, 1.165) is 47.5 Å². The van der Waals surface area contributed by atoms with Crippen molar-refractivity contribution in [2.24, 2.45) is 0 Å². The molecule has 5 heteroatoms. The third kappa shape index (κ3) is 3.28. The van der Waals surface area contributed by atoms with Gasteiger partial charge in [0.2, 0.25) is 0 Å². The molecule has 26 heavy (non-hydrogen) atoms. The van der Waals surface area contributed by atoms with Gasteiger partial charge in [-0.25, -0.2) is 4.39 Å². The second-order valence-electron chi connectivity index (χ2n) is 6.67. The topological polar surface area (TPSA) is 52.1 Å². The van der Waals surface area contributed by atoms with Crippen LogP contribution in [-0.4, -0.2) is 39.7 Å². The molecule has 1 saturated heterocycles. The molecular weight excluding hydrogens is 329 g/mol. The normalized spacial score (nSPS) is 17.7. The molecule has 0 radical (unpaired) electrons. The minimum absolute atomic E-state index is 0.166. The Bertz CT molecular complexity index is 861. The predicted octanol–water partition coefficient (Wildman–Crippen LogP) is 4.01. The molecule has 1 aliphatic rings. The van der Waals surface area contributed by atoms with Crippen molar-refractivity contribution in [3.63, 3.8) is 0 Å². The summed E-state index contributed by atoms with van der Waals surface area (Å²) in [6, 6.07) is 13.0. The standard InChI is InChI=1S/C21H22FN3O/c22-17-5-3-16(4-6-17)21-18(15-7-9-23-10-8-15)14-19(24-21)20-2-1-11-25(20)12-13-26/h3-10,14,20,24,26H,1-2,11-13H2. The van der Waals surface area contributed by atoms with E-state index in [-0.39, 0.29) is 18.5 Å². The van der Waals surface area contributed by atoms with E-state index in [0.29, 0.717) is 6.54 Å². The van der Waals surface area contributed by atoms with Gasteiger partial charge in [-0.3, -0.25) is 9.88 Å². The number of halogens is 1. The first kappa shape index (κ1) is 16.9. The molecule has 3 aromatic rings. The zero-order valence-corrected chi connectivity index (χ0v) is 14.5. The highest BCUT2D eigenvalue weighted by molar-refractivity contribution is 5.81. The fourth-order valence-corrected chi connectivity index (χ4v) is 3.83. The van der Waals surface area contributed by atoms with Gasteiger partial charge in [-0.2, -0.15) is 0 Å². The fraction of sp³-hybridized carbons (Fsp3) is 0.286. The molecule has 1 aromatic carbocycles. The number of aliphatic hydroxyl groups excluding tert-OH is 1. The van der Waals surface area contributed by atoms with Crippen molar-refractivity contribution in [2.45, 2.75) is 18.9 Å². The van der Waals surface area contributed by atoms with Gasteiger partial charge in [-0.15, -0.1) is 0 Å². The highest BCUT2D eigenvalue weighted by atomic mass is 19.1. The molecule has 0 aliphatic carbocycles. The minimum atomic E-state index is -0.240. The molecule has 0 bridgehead atoms. The Morgan fingerprint density at radius 3 is 2.62 bits per heavy atom. The molecule has 1 atom stereocenters. The Labute approximate surface area is 152 Å². The maximum atomic E-state index is 13.4. The third-order valence-electron chi connectivity index (χ3n) is 5.07. The van der Waals surface area contributed by atoms with E-state index in [1.165, 1.54) is 12.1 Å². The van der Waals surface area contributed by atoms with Crippen molar-refractivity contribution < 1.29 is 9.50 Å². The number of pyridine rings is 1. The number of rotatable bonds is 5. The van der Waals surface area contributed by atoms with E-state index in [9.17, 15) is 9.50 Å². The third-order valence-corrected chi connectivity index (χ3v) is 5.07. The summed E-state index contributed by atoms with van der Waals surface area (Å²) >= 11 is 0. The van der Waals surface area contributed by atoms with E-state index in [2.05, 4.69) is 20.9 Å². The second kappa shape index (κ2) is 7.40. The second-order valence-corrected chi connectivity index (χ2v) is 6.67. The van der Waals surface area contributed by atoms with Gasteiger partial charge < -0.3 is 10.1 Å². The number of likely N-dealkylation sites (tertiary alicyclic amines) is 1. The van der Waals surface area contributed by atoms with E-state index >= 15 is 0 Å². The lowest BCUT2D eigenvalue weighted by atomic mass is 10.0. The van der Waals surface area contributed by atoms with Crippen LogP contribution in [0.4, 0.5) is 4.39 Å². The smallest absolute Gasteiger partial charge is 0.123 e. The van der Waals surface area contributed by atoms with Crippen LogP contribution in [0.15, 0.2) is 54.9 Å². The molecule has 3 heterocycles. The number of aromatic amines is 1. The number of benzene rings is 1. The van der Waals surface area contributed by atoms with Crippen LogP contribution >= 0.6 is 0 Å². The van der Waals surface area contributed by atoms with Crippen LogP contribution in [0.5, 0.6) is 0 Å². The molecule has 0 spiro atoms. The minimum Gasteiger partial charge on any atom is -0.395 e. The number of aromatic nitrogens is 2. The number of nitrogens with one attached hydrogen (secondary N) is 1. The number of aliphatic hydroxyl groups is 1. The van der Waals surface area contributed by atoms with Crippen LogP contribution < -0.4 is 0 Å². The first-order chi connectivity index (χ1) is 12.8. The van der Waals surface area contributed by atoms with Gasteiger partial charge in [0.1, 0.15) is 5.82 Å². The highest BCUT2D eigenvalue weighted by Crippen LogP contribution is 2.38. The van der Waals surface area contributed by atoms with Gasteiger partial charge in [0.05, 0.1) is 12.3 Å². The molecule has 1 unspecified atom stereocenters. The molecule has 4 nitrogen and oxygen atoms in total. The monoisotopic (exact) mass is 351 g/mol. The molecule has 4 rings (SSSR count). The molecule has 2 N–H and O–H groups in total. The average Bonchev–Trinajstić information content (AvgIpc) is 3.30. The summed E-state index contributed by atoms with van der Waals surface area (Å²) in [5.74, 6) is -0.240. The SMILES string of the molecule is OCCN1CCCC1c1cc(-c2ccncc2)c(-c2ccc(F)cc2)[nH]1. The van der Waals surface area contributed by atoms with Crippen molar-refractivity contribution in [2.75, 3.05) is 19.7 Å². The van der Waals surface area contributed by atoms with E-state index in [1.54, 1.807) is 24.5 Å². The summed E-state index contributed by atoms with van der Waals surface area (Å²) in [4.78, 5) is 10.0. The summed E-state index contributed by atoms with van der Waals surface area (Å²) in [6.07, 6.45) is 5.76. The summed E-state index contributed by atoms with van der Waals surface area (Å²) in [5.41, 5.74) is 5.25. The fourth-order valence-electron chi connectivity index (χ4n) is 3.83. The molecule has 1 aliphatic heterocycles. The van der Waals surface area contributed by atoms with Crippen LogP contribution in [0.1, 0.15) is 24.6 Å². The zero-order chi connectivity index (χ0) is 17.9. The number of β-amino-alcohol motifs (C(OH)–C–C–N with tert-alkyl or cyclic N) is 1. The molecular formula is C21H22FN3O. The number of hydrogen-bond acceptors (Lipinski definition) is 3. The lowest BCUT2D eigenvalue weighted by Crippen LogP contribution is -2.26. The van der Waals surface area contributed by atoms with E-state index in [4.69, 9.17) is 0 Å². The van der Waals surface area contributed by atoms with Crippen molar-refractivity contribution in [3.8, 4) is 22.4 Å². The summed E-state index contributed by atoms with van der Waals surface area (Å²) in [7, 11) is 0. The zero-order valence-electron chi connectivity index (χ0n) is 14.5. The van der Waals surface area contributed by atoms with Crippen LogP contribution in [0, 0.1) is 5.82 Å². The van der Waals surface area contributed by atoms with Gasteiger partial charge >= 0.3 is 0 Å². The molecule has 2 aromatic heterocycles. The van der Waals surface area contributed by atoms with Gasteiger partial charge in [-0.1, -0.05) is 0 Å². The van der Waals surface area contributed by atoms with Crippen molar-refractivity contribution in [1.82, 2.24) is 14.9 Å². The lowest BCUT2D eigenvalue weighted by molar-refractivity contribution is 0.184. The molecule has 0 amide bonds. The average molecular weight is 351 g/mol. The Balaban J connectivity index is 1.79. The molecule has 1 fully saturated rings. The number of H-pyrrole nitrogens is 1. The van der Waals surface area contributed by atoms with E-state index in [1.807, 2.05) is 12.1 Å². The van der Waals surface area contributed by atoms with Gasteiger partial charge in [0.15, 0.2) is 0 Å². The van der Waals surface area contributed by atoms with Crippen LogP contribution in [-0.2, 0) is 0 Å². The highest BCUT2D eigenvalue weighted by Gasteiger charge is 2.28. The van der Waals surface area contributed by atoms with Gasteiger partial charge in [0, 0.05) is 36.2 Å². The first-order valence-corrected chi connectivity index (χ1v) is 9.00. The van der Waals surface area contributed by atoms with Crippen molar-refractivity contribution in [1.29, 1.82) is 0 Å². The quantitative estimate of drug-likeness (QED) is 0.730.